The van der Waals surface area contributed by atoms with E-state index in [2.05, 4.69) is 30.1 Å². The fraction of sp³-hybridized carbons (Fsp3) is 0.667. The molecule has 1 nitrogen and oxygen atoms in total. The molecule has 2 atom stereocenters. The van der Waals surface area contributed by atoms with Gasteiger partial charge >= 0.3 is 0 Å². The summed E-state index contributed by atoms with van der Waals surface area (Å²) in [4.78, 5) is 1.34. The Bertz CT molecular complexity index is 327. The molecule has 1 N–H and O–H groups in total. The van der Waals surface area contributed by atoms with E-state index in [1.807, 2.05) is 6.07 Å². The molecule has 0 bridgehead atoms. The standard InChI is InChI=1S/C12H18ClNS2/c1-2-15-10-4-3-9(7-10)14-8-11-5-6-12(13)16-11/h5-6,9-10,14H,2-4,7-8H2,1H3. The second kappa shape index (κ2) is 6.29. The van der Waals surface area contributed by atoms with Crippen LogP contribution < -0.4 is 5.32 Å². The number of rotatable bonds is 5. The molecule has 1 heterocycles. The van der Waals surface area contributed by atoms with Gasteiger partial charge in [-0.2, -0.15) is 11.8 Å². The molecule has 2 unspecified atom stereocenters. The fourth-order valence-electron chi connectivity index (χ4n) is 2.20. The summed E-state index contributed by atoms with van der Waals surface area (Å²) in [6.07, 6.45) is 4.04. The molecule has 2 rings (SSSR count). The highest BCUT2D eigenvalue weighted by atomic mass is 35.5. The molecular formula is C12H18ClNS2. The van der Waals surface area contributed by atoms with E-state index in [4.69, 9.17) is 11.6 Å². The molecule has 0 radical (unpaired) electrons. The number of thioether (sulfide) groups is 1. The van der Waals surface area contributed by atoms with Gasteiger partial charge in [-0.25, -0.2) is 0 Å². The molecule has 0 amide bonds. The summed E-state index contributed by atoms with van der Waals surface area (Å²) >= 11 is 9.70. The first-order valence-electron chi connectivity index (χ1n) is 5.87. The molecule has 0 saturated heterocycles. The van der Waals surface area contributed by atoms with Crippen LogP contribution >= 0.6 is 34.7 Å². The predicted molar refractivity (Wildman–Crippen MR) is 75.7 cm³/mol. The summed E-state index contributed by atoms with van der Waals surface area (Å²) in [7, 11) is 0. The summed E-state index contributed by atoms with van der Waals surface area (Å²) in [6, 6.07) is 4.81. The van der Waals surface area contributed by atoms with Gasteiger partial charge < -0.3 is 5.32 Å². The molecule has 1 aliphatic carbocycles. The summed E-state index contributed by atoms with van der Waals surface area (Å²) in [5, 5.41) is 4.52. The van der Waals surface area contributed by atoms with Crippen molar-refractivity contribution in [3.05, 3.63) is 21.3 Å². The van der Waals surface area contributed by atoms with E-state index in [1.165, 1.54) is 29.9 Å². The van der Waals surface area contributed by atoms with Crippen LogP contribution in [0.2, 0.25) is 4.34 Å². The Morgan fingerprint density at radius 3 is 3.06 bits per heavy atom. The van der Waals surface area contributed by atoms with Gasteiger partial charge in [-0.15, -0.1) is 11.3 Å². The van der Waals surface area contributed by atoms with E-state index < -0.39 is 0 Å². The van der Waals surface area contributed by atoms with Crippen LogP contribution in [0.3, 0.4) is 0 Å². The molecule has 0 aromatic carbocycles. The van der Waals surface area contributed by atoms with Gasteiger partial charge in [0.2, 0.25) is 0 Å². The van der Waals surface area contributed by atoms with Crippen molar-refractivity contribution in [2.75, 3.05) is 5.75 Å². The monoisotopic (exact) mass is 275 g/mol. The molecule has 0 spiro atoms. The second-order valence-electron chi connectivity index (χ2n) is 4.17. The SMILES string of the molecule is CCSC1CCC(NCc2ccc(Cl)s2)C1. The number of hydrogen-bond acceptors (Lipinski definition) is 3. The Labute approximate surface area is 111 Å². The van der Waals surface area contributed by atoms with Crippen molar-refractivity contribution in [2.24, 2.45) is 0 Å². The quantitative estimate of drug-likeness (QED) is 0.866. The van der Waals surface area contributed by atoms with Crippen molar-refractivity contribution in [3.63, 3.8) is 0 Å². The molecule has 0 aliphatic heterocycles. The van der Waals surface area contributed by atoms with Crippen molar-refractivity contribution >= 4 is 34.7 Å². The van der Waals surface area contributed by atoms with Gasteiger partial charge in [0.25, 0.3) is 0 Å². The largest absolute Gasteiger partial charge is 0.309 e. The second-order valence-corrected chi connectivity index (χ2v) is 7.55. The highest BCUT2D eigenvalue weighted by Crippen LogP contribution is 2.30. The lowest BCUT2D eigenvalue weighted by atomic mass is 10.2. The van der Waals surface area contributed by atoms with Crippen molar-refractivity contribution in [1.82, 2.24) is 5.32 Å². The summed E-state index contributed by atoms with van der Waals surface area (Å²) in [6.45, 7) is 3.23. The van der Waals surface area contributed by atoms with E-state index in [1.54, 1.807) is 11.3 Å². The van der Waals surface area contributed by atoms with Crippen LogP contribution in [0.1, 0.15) is 31.1 Å². The van der Waals surface area contributed by atoms with Crippen LogP contribution in [0.15, 0.2) is 12.1 Å². The van der Waals surface area contributed by atoms with Crippen LogP contribution in [0.4, 0.5) is 0 Å². The number of halogens is 1. The van der Waals surface area contributed by atoms with Crippen LogP contribution in [0, 0.1) is 0 Å². The van der Waals surface area contributed by atoms with Gasteiger partial charge in [-0.1, -0.05) is 18.5 Å². The molecule has 1 aromatic heterocycles. The van der Waals surface area contributed by atoms with Gasteiger partial charge in [-0.3, -0.25) is 0 Å². The lowest BCUT2D eigenvalue weighted by Crippen LogP contribution is -2.25. The molecule has 4 heteroatoms. The minimum absolute atomic E-state index is 0.713. The van der Waals surface area contributed by atoms with Gasteiger partial charge in [0, 0.05) is 22.7 Å². The minimum Gasteiger partial charge on any atom is -0.309 e. The fourth-order valence-corrected chi connectivity index (χ4v) is 4.39. The third kappa shape index (κ3) is 3.66. The Hall–Kier alpha value is 0.300. The van der Waals surface area contributed by atoms with Gasteiger partial charge in [-0.05, 0) is 37.1 Å². The molecule has 90 valence electrons. The topological polar surface area (TPSA) is 12.0 Å². The highest BCUT2D eigenvalue weighted by Gasteiger charge is 2.23. The van der Waals surface area contributed by atoms with Crippen LogP contribution in [0.5, 0.6) is 0 Å². The first-order chi connectivity index (χ1) is 7.78. The summed E-state index contributed by atoms with van der Waals surface area (Å²) in [5.74, 6) is 1.25. The lowest BCUT2D eigenvalue weighted by molar-refractivity contribution is 0.528. The summed E-state index contributed by atoms with van der Waals surface area (Å²) in [5.41, 5.74) is 0. The Balaban J connectivity index is 1.71. The Morgan fingerprint density at radius 1 is 1.50 bits per heavy atom. The van der Waals surface area contributed by atoms with Gasteiger partial charge in [0.05, 0.1) is 4.34 Å². The van der Waals surface area contributed by atoms with E-state index in [0.717, 1.165) is 16.1 Å². The zero-order valence-electron chi connectivity index (χ0n) is 9.54. The maximum absolute atomic E-state index is 5.91. The highest BCUT2D eigenvalue weighted by molar-refractivity contribution is 7.99. The maximum atomic E-state index is 5.91. The number of nitrogens with one attached hydrogen (secondary N) is 1. The predicted octanol–water partition coefficient (Wildman–Crippen LogP) is 4.17. The minimum atomic E-state index is 0.713. The van der Waals surface area contributed by atoms with E-state index in [0.29, 0.717) is 6.04 Å². The Morgan fingerprint density at radius 2 is 2.38 bits per heavy atom. The molecular weight excluding hydrogens is 258 g/mol. The zero-order valence-corrected chi connectivity index (χ0v) is 11.9. The van der Waals surface area contributed by atoms with E-state index in [-0.39, 0.29) is 0 Å². The van der Waals surface area contributed by atoms with Crippen LogP contribution in [-0.2, 0) is 6.54 Å². The van der Waals surface area contributed by atoms with Crippen LogP contribution in [-0.4, -0.2) is 17.0 Å². The number of thiophene rings is 1. The van der Waals surface area contributed by atoms with E-state index in [9.17, 15) is 0 Å². The smallest absolute Gasteiger partial charge is 0.0931 e. The summed E-state index contributed by atoms with van der Waals surface area (Å²) < 4.78 is 0.891. The normalized spacial score (nSPS) is 25.1. The first-order valence-corrected chi connectivity index (χ1v) is 8.11. The van der Waals surface area contributed by atoms with E-state index >= 15 is 0 Å². The van der Waals surface area contributed by atoms with Crippen LogP contribution in [0.25, 0.3) is 0 Å². The third-order valence-electron chi connectivity index (χ3n) is 2.98. The Kier molecular flexibility index (Phi) is 5.01. The van der Waals surface area contributed by atoms with Gasteiger partial charge in [0.15, 0.2) is 0 Å². The zero-order chi connectivity index (χ0) is 11.4. The average molecular weight is 276 g/mol. The number of hydrogen-bond donors (Lipinski definition) is 1. The maximum Gasteiger partial charge on any atom is 0.0931 e. The third-order valence-corrected chi connectivity index (χ3v) is 5.44. The van der Waals surface area contributed by atoms with Gasteiger partial charge in [0.1, 0.15) is 0 Å². The van der Waals surface area contributed by atoms with Crippen molar-refractivity contribution in [2.45, 2.75) is 44.0 Å². The molecule has 16 heavy (non-hydrogen) atoms. The molecule has 1 aromatic rings. The first kappa shape index (κ1) is 12.7. The van der Waals surface area contributed by atoms with Crippen molar-refractivity contribution < 1.29 is 0 Å². The van der Waals surface area contributed by atoms with Crippen molar-refractivity contribution in [3.8, 4) is 0 Å². The average Bonchev–Trinajstić information content (AvgIpc) is 2.85. The molecule has 1 aliphatic rings. The lowest BCUT2D eigenvalue weighted by Gasteiger charge is -2.12. The van der Waals surface area contributed by atoms with Crippen molar-refractivity contribution in [1.29, 1.82) is 0 Å². The molecule has 1 saturated carbocycles. The molecule has 1 fully saturated rings.